The van der Waals surface area contributed by atoms with Crippen LogP contribution in [0.25, 0.3) is 0 Å². The summed E-state index contributed by atoms with van der Waals surface area (Å²) in [5, 5.41) is 5.97. The molecule has 0 bridgehead atoms. The Hall–Kier alpha value is -2.32. The second kappa shape index (κ2) is 12.5. The number of thiocarbonyl (C=S) groups is 1. The third-order valence-corrected chi connectivity index (χ3v) is 5.22. The molecule has 0 unspecified atom stereocenters. The lowest BCUT2D eigenvalue weighted by molar-refractivity contribution is 0.0976. The number of amides is 1. The topological polar surface area (TPSA) is 68.8 Å². The number of methoxy groups -OCH3 is 1. The molecule has 0 aliphatic carbocycles. The van der Waals surface area contributed by atoms with Crippen molar-refractivity contribution in [3.8, 4) is 17.2 Å². The number of hydrogen-bond donors (Lipinski definition) is 2. The van der Waals surface area contributed by atoms with Crippen LogP contribution in [0.2, 0.25) is 0 Å². The van der Waals surface area contributed by atoms with Gasteiger partial charge < -0.3 is 19.5 Å². The third-order valence-electron chi connectivity index (χ3n) is 4.35. The molecule has 8 heteroatoms. The summed E-state index contributed by atoms with van der Waals surface area (Å²) >= 11 is 8.67. The molecule has 31 heavy (non-hydrogen) atoms. The van der Waals surface area contributed by atoms with Gasteiger partial charge in [0, 0.05) is 12.1 Å². The molecule has 168 valence electrons. The number of ether oxygens (including phenoxy) is 3. The van der Waals surface area contributed by atoms with Crippen molar-refractivity contribution in [2.45, 2.75) is 33.7 Å². The molecule has 0 radical (unpaired) electrons. The second-order valence-corrected chi connectivity index (χ2v) is 8.49. The van der Waals surface area contributed by atoms with Crippen LogP contribution in [0.15, 0.2) is 40.9 Å². The fourth-order valence-electron chi connectivity index (χ4n) is 2.66. The molecule has 2 aromatic carbocycles. The van der Waals surface area contributed by atoms with Crippen LogP contribution in [0.4, 0.5) is 0 Å². The van der Waals surface area contributed by atoms with Crippen LogP contribution >= 0.6 is 28.1 Å². The molecule has 0 aliphatic heterocycles. The Bertz CT molecular complexity index is 905. The van der Waals surface area contributed by atoms with Crippen LogP contribution in [-0.4, -0.2) is 31.3 Å². The number of halogens is 1. The number of benzene rings is 2. The van der Waals surface area contributed by atoms with E-state index in [-0.39, 0.29) is 11.0 Å². The van der Waals surface area contributed by atoms with Crippen molar-refractivity contribution < 1.29 is 19.0 Å². The highest BCUT2D eigenvalue weighted by atomic mass is 79.9. The molecule has 0 aliphatic rings. The second-order valence-electron chi connectivity index (χ2n) is 7.23. The van der Waals surface area contributed by atoms with E-state index < -0.39 is 0 Å². The summed E-state index contributed by atoms with van der Waals surface area (Å²) in [5.74, 6) is 2.34. The fourth-order valence-corrected chi connectivity index (χ4v) is 3.32. The number of rotatable bonds is 10. The minimum absolute atomic E-state index is 0.242. The average molecular weight is 509 g/mol. The van der Waals surface area contributed by atoms with E-state index in [4.69, 9.17) is 26.4 Å². The molecule has 2 aromatic rings. The fraction of sp³-hybridized carbons (Fsp3) is 0.391. The number of carbonyl (C=O) groups is 1. The molecule has 0 spiro atoms. The Morgan fingerprint density at radius 1 is 1.10 bits per heavy atom. The normalized spacial score (nSPS) is 10.5. The zero-order chi connectivity index (χ0) is 22.8. The first-order valence-electron chi connectivity index (χ1n) is 10.1. The van der Waals surface area contributed by atoms with E-state index in [1.165, 1.54) is 0 Å². The van der Waals surface area contributed by atoms with Crippen molar-refractivity contribution in [1.29, 1.82) is 0 Å². The van der Waals surface area contributed by atoms with E-state index in [0.29, 0.717) is 53.0 Å². The first-order chi connectivity index (χ1) is 14.8. The molecular formula is C23H29BrN2O4S. The van der Waals surface area contributed by atoms with E-state index >= 15 is 0 Å². The molecule has 1 amide bonds. The van der Waals surface area contributed by atoms with E-state index in [1.54, 1.807) is 25.3 Å². The largest absolute Gasteiger partial charge is 0.493 e. The summed E-state index contributed by atoms with van der Waals surface area (Å²) in [6.45, 7) is 7.85. The third kappa shape index (κ3) is 8.03. The van der Waals surface area contributed by atoms with Crippen molar-refractivity contribution in [3.05, 3.63) is 52.0 Å². The highest BCUT2D eigenvalue weighted by Gasteiger charge is 2.11. The van der Waals surface area contributed by atoms with Gasteiger partial charge in [-0.05, 0) is 83.3 Å². The minimum atomic E-state index is -0.298. The summed E-state index contributed by atoms with van der Waals surface area (Å²) in [6.07, 6.45) is 0.978. The Morgan fingerprint density at radius 3 is 2.48 bits per heavy atom. The van der Waals surface area contributed by atoms with E-state index in [1.807, 2.05) is 25.1 Å². The monoisotopic (exact) mass is 508 g/mol. The van der Waals surface area contributed by atoms with Crippen LogP contribution in [0.5, 0.6) is 17.2 Å². The summed E-state index contributed by atoms with van der Waals surface area (Å²) < 4.78 is 17.4. The van der Waals surface area contributed by atoms with Gasteiger partial charge in [0.25, 0.3) is 5.91 Å². The molecule has 6 nitrogen and oxygen atoms in total. The zero-order valence-corrected chi connectivity index (χ0v) is 20.7. The Balaban J connectivity index is 1.90. The maximum atomic E-state index is 12.4. The summed E-state index contributed by atoms with van der Waals surface area (Å²) in [4.78, 5) is 12.4. The lowest BCUT2D eigenvalue weighted by atomic mass is 10.1. The van der Waals surface area contributed by atoms with Gasteiger partial charge in [0.1, 0.15) is 5.75 Å². The smallest absolute Gasteiger partial charge is 0.257 e. The van der Waals surface area contributed by atoms with E-state index in [2.05, 4.69) is 40.4 Å². The van der Waals surface area contributed by atoms with Crippen molar-refractivity contribution >= 4 is 39.2 Å². The standard InChI is InChI=1S/C23H29BrN2O4S/c1-5-29-19-9-7-17(13-18(19)24)22(27)26-23(31)25-14-16-6-8-20(21(12-16)28-4)30-11-10-15(2)3/h6-9,12-13,15H,5,10-11,14H2,1-4H3,(H2,25,26,27,31). The van der Waals surface area contributed by atoms with Gasteiger partial charge in [-0.3, -0.25) is 10.1 Å². The lowest BCUT2D eigenvalue weighted by Crippen LogP contribution is -2.38. The van der Waals surface area contributed by atoms with Gasteiger partial charge in [0.05, 0.1) is 24.8 Å². The molecule has 0 heterocycles. The van der Waals surface area contributed by atoms with Gasteiger partial charge in [-0.25, -0.2) is 0 Å². The maximum Gasteiger partial charge on any atom is 0.257 e. The van der Waals surface area contributed by atoms with Crippen molar-refractivity contribution in [3.63, 3.8) is 0 Å². The summed E-state index contributed by atoms with van der Waals surface area (Å²) in [7, 11) is 1.61. The molecule has 0 saturated heterocycles. The highest BCUT2D eigenvalue weighted by molar-refractivity contribution is 9.10. The zero-order valence-electron chi connectivity index (χ0n) is 18.3. The van der Waals surface area contributed by atoms with Gasteiger partial charge in [-0.1, -0.05) is 19.9 Å². The predicted molar refractivity (Wildman–Crippen MR) is 130 cm³/mol. The van der Waals surface area contributed by atoms with Crippen LogP contribution in [0, 0.1) is 5.92 Å². The van der Waals surface area contributed by atoms with Crippen LogP contribution < -0.4 is 24.8 Å². The van der Waals surface area contributed by atoms with Crippen molar-refractivity contribution in [2.75, 3.05) is 20.3 Å². The number of nitrogens with one attached hydrogen (secondary N) is 2. The van der Waals surface area contributed by atoms with E-state index in [9.17, 15) is 4.79 Å². The Morgan fingerprint density at radius 2 is 1.84 bits per heavy atom. The number of carbonyl (C=O) groups excluding carboxylic acids is 1. The van der Waals surface area contributed by atoms with Gasteiger partial charge >= 0.3 is 0 Å². The molecule has 0 saturated carbocycles. The summed E-state index contributed by atoms with van der Waals surface area (Å²) in [6, 6.07) is 10.9. The van der Waals surface area contributed by atoms with Crippen molar-refractivity contribution in [2.24, 2.45) is 5.92 Å². The molecular weight excluding hydrogens is 480 g/mol. The van der Waals surface area contributed by atoms with Gasteiger partial charge in [0.2, 0.25) is 0 Å². The summed E-state index contributed by atoms with van der Waals surface area (Å²) in [5.41, 5.74) is 1.43. The molecule has 2 N–H and O–H groups in total. The van der Waals surface area contributed by atoms with Crippen LogP contribution in [0.1, 0.15) is 43.1 Å². The lowest BCUT2D eigenvalue weighted by Gasteiger charge is -2.14. The van der Waals surface area contributed by atoms with Gasteiger partial charge in [-0.2, -0.15) is 0 Å². The van der Waals surface area contributed by atoms with Gasteiger partial charge in [-0.15, -0.1) is 0 Å². The Kier molecular flexibility index (Phi) is 10.1. The molecule has 0 atom stereocenters. The van der Waals surface area contributed by atoms with Crippen molar-refractivity contribution in [1.82, 2.24) is 10.6 Å². The quantitative estimate of drug-likeness (QED) is 0.435. The molecule has 0 fully saturated rings. The molecule has 0 aromatic heterocycles. The Labute approximate surface area is 197 Å². The highest BCUT2D eigenvalue weighted by Crippen LogP contribution is 2.28. The number of hydrogen-bond acceptors (Lipinski definition) is 5. The SMILES string of the molecule is CCOc1ccc(C(=O)NC(=S)NCc2ccc(OCCC(C)C)c(OC)c2)cc1Br. The van der Waals surface area contributed by atoms with Crippen LogP contribution in [-0.2, 0) is 6.54 Å². The molecule has 2 rings (SSSR count). The van der Waals surface area contributed by atoms with Crippen LogP contribution in [0.3, 0.4) is 0 Å². The van der Waals surface area contributed by atoms with E-state index in [0.717, 1.165) is 12.0 Å². The van der Waals surface area contributed by atoms with Gasteiger partial charge in [0.15, 0.2) is 16.6 Å². The maximum absolute atomic E-state index is 12.4. The average Bonchev–Trinajstić information content (AvgIpc) is 2.74. The first kappa shape index (κ1) is 24.9. The first-order valence-corrected chi connectivity index (χ1v) is 11.3. The predicted octanol–water partition coefficient (Wildman–Crippen LogP) is 5.09. The minimum Gasteiger partial charge on any atom is -0.493 e.